The summed E-state index contributed by atoms with van der Waals surface area (Å²) in [5, 5.41) is 3.48. The Kier molecular flexibility index (Phi) is 4.46. The zero-order valence-corrected chi connectivity index (χ0v) is 14.6. The van der Waals surface area contributed by atoms with Crippen molar-refractivity contribution >= 4 is 21.6 Å². The summed E-state index contributed by atoms with van der Waals surface area (Å²) in [5.41, 5.74) is 0.858. The van der Waals surface area contributed by atoms with Crippen molar-refractivity contribution < 1.29 is 8.42 Å². The lowest BCUT2D eigenvalue weighted by Crippen LogP contribution is -2.49. The van der Waals surface area contributed by atoms with Crippen LogP contribution in [0, 0.1) is 6.92 Å². The maximum atomic E-state index is 13.2. The van der Waals surface area contributed by atoms with Gasteiger partial charge < -0.3 is 9.88 Å². The molecule has 1 aliphatic heterocycles. The molecule has 1 aromatic carbocycles. The molecule has 1 saturated heterocycles. The van der Waals surface area contributed by atoms with Crippen LogP contribution in [0.3, 0.4) is 0 Å². The zero-order valence-electron chi connectivity index (χ0n) is 13.0. The van der Waals surface area contributed by atoms with Gasteiger partial charge in [-0.3, -0.25) is 0 Å². The van der Waals surface area contributed by atoms with Gasteiger partial charge in [0, 0.05) is 39.1 Å². The topological polar surface area (TPSA) is 67.2 Å². The summed E-state index contributed by atoms with van der Waals surface area (Å²) in [4.78, 5) is 4.47. The van der Waals surface area contributed by atoms with Crippen LogP contribution in [0.5, 0.6) is 0 Å². The van der Waals surface area contributed by atoms with E-state index in [2.05, 4.69) is 10.3 Å². The van der Waals surface area contributed by atoms with Gasteiger partial charge in [0.15, 0.2) is 0 Å². The third kappa shape index (κ3) is 3.01. The Morgan fingerprint density at radius 2 is 2.17 bits per heavy atom. The molecule has 6 nitrogen and oxygen atoms in total. The molecular weight excluding hydrogens is 336 g/mol. The van der Waals surface area contributed by atoms with Gasteiger partial charge in [0.05, 0.1) is 11.1 Å². The second kappa shape index (κ2) is 6.24. The monoisotopic (exact) mass is 354 g/mol. The number of hydrogen-bond donors (Lipinski definition) is 1. The van der Waals surface area contributed by atoms with Crippen molar-refractivity contribution in [2.24, 2.45) is 7.05 Å². The van der Waals surface area contributed by atoms with Crippen molar-refractivity contribution in [3.05, 3.63) is 47.0 Å². The van der Waals surface area contributed by atoms with Crippen LogP contribution in [-0.4, -0.2) is 41.9 Å². The number of sulfonamides is 1. The first-order valence-electron chi connectivity index (χ1n) is 7.37. The fraction of sp³-hybridized carbons (Fsp3) is 0.400. The standard InChI is InChI=1S/C15H19ClN4O2S/c1-11-3-4-12(16)14(9-11)23(21,22)20-8-5-17-10-13(20)15-18-6-7-19(15)2/h3-4,6-7,9,13,17H,5,8,10H2,1-2H3. The summed E-state index contributed by atoms with van der Waals surface area (Å²) in [5.74, 6) is 0.713. The van der Waals surface area contributed by atoms with E-state index < -0.39 is 10.0 Å². The molecule has 0 bridgehead atoms. The SMILES string of the molecule is Cc1ccc(Cl)c(S(=O)(=O)N2CCNCC2c2nccn2C)c1. The Labute approximate surface area is 141 Å². The minimum Gasteiger partial charge on any atom is -0.337 e. The van der Waals surface area contributed by atoms with Crippen LogP contribution < -0.4 is 5.32 Å². The average molecular weight is 355 g/mol. The van der Waals surface area contributed by atoms with E-state index in [1.807, 2.05) is 24.7 Å². The number of nitrogens with zero attached hydrogens (tertiary/aromatic N) is 3. The zero-order chi connectivity index (χ0) is 16.6. The van der Waals surface area contributed by atoms with Gasteiger partial charge in [0.1, 0.15) is 10.7 Å². The normalized spacial score (nSPS) is 19.9. The van der Waals surface area contributed by atoms with Crippen molar-refractivity contribution in [3.63, 3.8) is 0 Å². The number of nitrogens with one attached hydrogen (secondary N) is 1. The predicted octanol–water partition coefficient (Wildman–Crippen LogP) is 1.72. The van der Waals surface area contributed by atoms with E-state index in [1.54, 1.807) is 24.4 Å². The Balaban J connectivity index is 2.06. The molecule has 1 aliphatic rings. The number of piperazine rings is 1. The van der Waals surface area contributed by atoms with Gasteiger partial charge in [-0.05, 0) is 24.6 Å². The minimum absolute atomic E-state index is 0.153. The molecule has 0 aliphatic carbocycles. The maximum Gasteiger partial charge on any atom is 0.245 e. The summed E-state index contributed by atoms with van der Waals surface area (Å²) < 4.78 is 29.6. The van der Waals surface area contributed by atoms with Crippen LogP contribution in [-0.2, 0) is 17.1 Å². The number of aromatic nitrogens is 2. The first kappa shape index (κ1) is 16.4. The largest absolute Gasteiger partial charge is 0.337 e. The third-order valence-electron chi connectivity index (χ3n) is 4.02. The summed E-state index contributed by atoms with van der Waals surface area (Å²) in [6.07, 6.45) is 3.49. The van der Waals surface area contributed by atoms with E-state index >= 15 is 0 Å². The number of hydrogen-bond acceptors (Lipinski definition) is 4. The highest BCUT2D eigenvalue weighted by atomic mass is 35.5. The Morgan fingerprint density at radius 3 is 2.87 bits per heavy atom. The lowest BCUT2D eigenvalue weighted by Gasteiger charge is -2.34. The molecule has 1 N–H and O–H groups in total. The molecule has 124 valence electrons. The van der Waals surface area contributed by atoms with E-state index in [-0.39, 0.29) is 16.0 Å². The quantitative estimate of drug-likeness (QED) is 0.911. The van der Waals surface area contributed by atoms with Crippen molar-refractivity contribution in [1.29, 1.82) is 0 Å². The molecule has 0 saturated carbocycles. The van der Waals surface area contributed by atoms with Gasteiger partial charge in [0.2, 0.25) is 10.0 Å². The fourth-order valence-corrected chi connectivity index (χ4v) is 4.97. The van der Waals surface area contributed by atoms with Crippen LogP contribution in [0.4, 0.5) is 0 Å². The van der Waals surface area contributed by atoms with Crippen LogP contribution in [0.25, 0.3) is 0 Å². The molecule has 1 unspecified atom stereocenters. The molecule has 2 heterocycles. The van der Waals surface area contributed by atoms with E-state index in [0.29, 0.717) is 25.5 Å². The average Bonchev–Trinajstić information content (AvgIpc) is 2.95. The molecule has 0 amide bonds. The molecule has 8 heteroatoms. The van der Waals surface area contributed by atoms with Crippen LogP contribution >= 0.6 is 11.6 Å². The Bertz CT molecular complexity index is 819. The molecule has 1 fully saturated rings. The second-order valence-electron chi connectivity index (χ2n) is 5.67. The lowest BCUT2D eigenvalue weighted by atomic mass is 10.2. The van der Waals surface area contributed by atoms with E-state index in [9.17, 15) is 8.42 Å². The van der Waals surface area contributed by atoms with Crippen LogP contribution in [0.1, 0.15) is 17.4 Å². The predicted molar refractivity (Wildman–Crippen MR) is 88.9 cm³/mol. The third-order valence-corrected chi connectivity index (χ3v) is 6.41. The number of rotatable bonds is 3. The number of imidazole rings is 1. The first-order chi connectivity index (χ1) is 10.9. The molecule has 1 atom stereocenters. The second-order valence-corrected chi connectivity index (χ2v) is 7.93. The summed E-state index contributed by atoms with van der Waals surface area (Å²) in [6.45, 7) is 3.35. The Morgan fingerprint density at radius 1 is 1.39 bits per heavy atom. The highest BCUT2D eigenvalue weighted by molar-refractivity contribution is 7.89. The molecule has 23 heavy (non-hydrogen) atoms. The summed E-state index contributed by atoms with van der Waals surface area (Å²) >= 11 is 6.16. The minimum atomic E-state index is -3.70. The molecular formula is C15H19ClN4O2S. The van der Waals surface area contributed by atoms with E-state index in [4.69, 9.17) is 11.6 Å². The highest BCUT2D eigenvalue weighted by Gasteiger charge is 2.37. The summed E-state index contributed by atoms with van der Waals surface area (Å²) in [6, 6.07) is 4.69. The summed E-state index contributed by atoms with van der Waals surface area (Å²) in [7, 11) is -1.84. The number of aryl methyl sites for hydroxylation is 2. The van der Waals surface area contributed by atoms with Crippen LogP contribution in [0.2, 0.25) is 5.02 Å². The lowest BCUT2D eigenvalue weighted by molar-refractivity contribution is 0.258. The highest BCUT2D eigenvalue weighted by Crippen LogP contribution is 2.31. The maximum absolute atomic E-state index is 13.2. The van der Waals surface area contributed by atoms with Crippen molar-refractivity contribution in [2.75, 3.05) is 19.6 Å². The van der Waals surface area contributed by atoms with Crippen molar-refractivity contribution in [3.8, 4) is 0 Å². The van der Waals surface area contributed by atoms with Gasteiger partial charge in [0.25, 0.3) is 0 Å². The molecule has 0 radical (unpaired) electrons. The van der Waals surface area contributed by atoms with Gasteiger partial charge in [-0.1, -0.05) is 17.7 Å². The van der Waals surface area contributed by atoms with Gasteiger partial charge in [-0.25, -0.2) is 13.4 Å². The molecule has 1 aromatic heterocycles. The van der Waals surface area contributed by atoms with Crippen LogP contribution in [0.15, 0.2) is 35.5 Å². The smallest absolute Gasteiger partial charge is 0.245 e. The van der Waals surface area contributed by atoms with Gasteiger partial charge in [-0.2, -0.15) is 4.31 Å². The number of benzene rings is 1. The molecule has 3 rings (SSSR count). The van der Waals surface area contributed by atoms with Crippen molar-refractivity contribution in [1.82, 2.24) is 19.2 Å². The van der Waals surface area contributed by atoms with Gasteiger partial charge >= 0.3 is 0 Å². The van der Waals surface area contributed by atoms with Gasteiger partial charge in [-0.15, -0.1) is 0 Å². The molecule has 0 spiro atoms. The fourth-order valence-electron chi connectivity index (χ4n) is 2.83. The van der Waals surface area contributed by atoms with E-state index in [0.717, 1.165) is 5.56 Å². The molecule has 2 aromatic rings. The van der Waals surface area contributed by atoms with E-state index in [1.165, 1.54) is 4.31 Å². The van der Waals surface area contributed by atoms with Crippen molar-refractivity contribution in [2.45, 2.75) is 17.9 Å². The first-order valence-corrected chi connectivity index (χ1v) is 9.19. The Hall–Kier alpha value is -1.41. The number of halogens is 1.